The average Bonchev–Trinajstić information content (AvgIpc) is 2.80. The minimum Gasteiger partial charge on any atom is -0.495 e. The molecule has 1 fully saturated rings. The number of hydrogen-bond donors (Lipinski definition) is 2. The Hall–Kier alpha value is -2.64. The highest BCUT2D eigenvalue weighted by Crippen LogP contribution is 2.36. The van der Waals surface area contributed by atoms with E-state index in [0.717, 1.165) is 27.5 Å². The summed E-state index contributed by atoms with van der Waals surface area (Å²) in [6.07, 6.45) is 3.75. The third kappa shape index (κ3) is 4.74. The number of nitrogens with one attached hydrogen (secondary N) is 2. The summed E-state index contributed by atoms with van der Waals surface area (Å²) in [4.78, 5) is 15.4. The number of ether oxygens (including phenoxy) is 1. The van der Waals surface area contributed by atoms with Gasteiger partial charge < -0.3 is 15.0 Å². The van der Waals surface area contributed by atoms with Gasteiger partial charge in [0.1, 0.15) is 5.75 Å². The van der Waals surface area contributed by atoms with Gasteiger partial charge in [0.05, 0.1) is 17.1 Å². The lowest BCUT2D eigenvalue weighted by molar-refractivity contribution is 0.0975. The first kappa shape index (κ1) is 22.6. The molecule has 5 nitrogen and oxygen atoms in total. The van der Waals surface area contributed by atoms with Crippen LogP contribution in [-0.4, -0.2) is 30.7 Å². The van der Waals surface area contributed by atoms with Crippen molar-refractivity contribution in [2.45, 2.75) is 32.2 Å². The van der Waals surface area contributed by atoms with E-state index < -0.39 is 0 Å². The Labute approximate surface area is 202 Å². The van der Waals surface area contributed by atoms with E-state index in [2.05, 4.69) is 50.5 Å². The molecule has 1 aliphatic heterocycles. The summed E-state index contributed by atoms with van der Waals surface area (Å²) in [5.41, 5.74) is 2.45. The molecule has 0 aromatic heterocycles. The summed E-state index contributed by atoms with van der Waals surface area (Å²) in [6, 6.07) is 18.3. The molecule has 1 atom stereocenters. The van der Waals surface area contributed by atoms with Gasteiger partial charge in [0.25, 0.3) is 5.91 Å². The van der Waals surface area contributed by atoms with E-state index in [1.807, 2.05) is 42.5 Å². The quantitative estimate of drug-likeness (QED) is 0.413. The van der Waals surface area contributed by atoms with Crippen LogP contribution in [0.3, 0.4) is 0 Å². The molecule has 1 heterocycles. The predicted octanol–water partition coefficient (Wildman–Crippen LogP) is 6.12. The maximum Gasteiger partial charge on any atom is 0.261 e. The lowest BCUT2D eigenvalue weighted by Crippen LogP contribution is -2.37. The van der Waals surface area contributed by atoms with Crippen LogP contribution < -0.4 is 20.3 Å². The highest BCUT2D eigenvalue weighted by molar-refractivity contribution is 9.10. The predicted molar refractivity (Wildman–Crippen MR) is 139 cm³/mol. The van der Waals surface area contributed by atoms with Gasteiger partial charge in [-0.3, -0.25) is 10.1 Å². The monoisotopic (exact) mass is 511 g/mol. The molecule has 0 saturated carbocycles. The Bertz CT molecular complexity index is 1150. The van der Waals surface area contributed by atoms with Crippen LogP contribution in [0, 0.1) is 0 Å². The molecule has 0 radical (unpaired) electrons. The Morgan fingerprint density at radius 2 is 1.91 bits per heavy atom. The molecule has 7 heteroatoms. The second-order valence-corrected chi connectivity index (χ2v) is 9.19. The number of hydrogen-bond acceptors (Lipinski definition) is 4. The number of piperidine rings is 1. The average molecular weight is 512 g/mol. The molecule has 0 unspecified atom stereocenters. The van der Waals surface area contributed by atoms with Crippen molar-refractivity contribution >= 4 is 61.3 Å². The van der Waals surface area contributed by atoms with E-state index in [1.54, 1.807) is 7.11 Å². The van der Waals surface area contributed by atoms with Gasteiger partial charge in [-0.25, -0.2) is 0 Å². The minimum atomic E-state index is -0.329. The first-order valence-electron chi connectivity index (χ1n) is 10.7. The SMILES string of the molecule is COc1c(C(=O)NC(=S)Nc2ccc(N3CCCC[C@H]3C)cc2)cc2ccccc2c1Br. The Morgan fingerprint density at radius 1 is 1.16 bits per heavy atom. The molecular weight excluding hydrogens is 486 g/mol. The number of carbonyl (C=O) groups excluding carboxylic acids is 1. The second kappa shape index (κ2) is 9.88. The fraction of sp³-hybridized carbons (Fsp3) is 0.280. The summed E-state index contributed by atoms with van der Waals surface area (Å²) in [5, 5.41) is 8.02. The number of anilines is 2. The van der Waals surface area contributed by atoms with E-state index >= 15 is 0 Å². The topological polar surface area (TPSA) is 53.6 Å². The molecule has 0 aliphatic carbocycles. The van der Waals surface area contributed by atoms with E-state index in [9.17, 15) is 4.79 Å². The number of benzene rings is 3. The van der Waals surface area contributed by atoms with Crippen molar-refractivity contribution in [2.75, 3.05) is 23.9 Å². The van der Waals surface area contributed by atoms with E-state index in [4.69, 9.17) is 17.0 Å². The zero-order chi connectivity index (χ0) is 22.7. The van der Waals surface area contributed by atoms with Crippen LogP contribution in [0.4, 0.5) is 11.4 Å². The number of halogens is 1. The van der Waals surface area contributed by atoms with Crippen LogP contribution in [0.2, 0.25) is 0 Å². The van der Waals surface area contributed by atoms with Crippen molar-refractivity contribution in [3.8, 4) is 5.75 Å². The number of amides is 1. The van der Waals surface area contributed by atoms with Gasteiger partial charge in [0.2, 0.25) is 0 Å². The Kier molecular flexibility index (Phi) is 6.96. The maximum atomic E-state index is 13.0. The fourth-order valence-electron chi connectivity index (χ4n) is 4.20. The second-order valence-electron chi connectivity index (χ2n) is 7.99. The number of methoxy groups -OCH3 is 1. The maximum absolute atomic E-state index is 13.0. The summed E-state index contributed by atoms with van der Waals surface area (Å²) in [7, 11) is 1.55. The summed E-state index contributed by atoms with van der Waals surface area (Å²) >= 11 is 8.96. The zero-order valence-corrected chi connectivity index (χ0v) is 20.6. The molecule has 4 rings (SSSR count). The molecule has 1 aliphatic rings. The molecule has 0 spiro atoms. The number of rotatable bonds is 4. The number of nitrogens with zero attached hydrogens (tertiary/aromatic N) is 1. The smallest absolute Gasteiger partial charge is 0.261 e. The molecule has 32 heavy (non-hydrogen) atoms. The third-order valence-electron chi connectivity index (χ3n) is 5.88. The normalized spacial score (nSPS) is 16.0. The fourth-order valence-corrected chi connectivity index (χ4v) is 5.15. The summed E-state index contributed by atoms with van der Waals surface area (Å²) < 4.78 is 6.25. The van der Waals surface area contributed by atoms with Gasteiger partial charge in [-0.2, -0.15) is 0 Å². The van der Waals surface area contributed by atoms with Crippen molar-refractivity contribution in [1.29, 1.82) is 0 Å². The van der Waals surface area contributed by atoms with Crippen LogP contribution in [0.15, 0.2) is 59.1 Å². The molecule has 1 amide bonds. The van der Waals surface area contributed by atoms with Crippen molar-refractivity contribution in [3.05, 3.63) is 64.6 Å². The van der Waals surface area contributed by atoms with Crippen molar-refractivity contribution < 1.29 is 9.53 Å². The standard InChI is InChI=1S/C25H26BrN3O2S/c1-16-7-5-6-14-29(16)19-12-10-18(11-13-19)27-25(32)28-24(30)21-15-17-8-3-4-9-20(17)22(26)23(21)31-2/h3-4,8-13,15-16H,5-7,14H2,1-2H3,(H2,27,28,30,32)/t16-/m1/s1. The first-order chi connectivity index (χ1) is 15.5. The molecule has 1 saturated heterocycles. The largest absolute Gasteiger partial charge is 0.495 e. The highest BCUT2D eigenvalue weighted by atomic mass is 79.9. The summed E-state index contributed by atoms with van der Waals surface area (Å²) in [6.45, 7) is 3.36. The Morgan fingerprint density at radius 3 is 2.62 bits per heavy atom. The molecule has 0 bridgehead atoms. The Balaban J connectivity index is 1.46. The van der Waals surface area contributed by atoms with Crippen molar-refractivity contribution in [1.82, 2.24) is 5.32 Å². The van der Waals surface area contributed by atoms with E-state index in [0.29, 0.717) is 17.4 Å². The minimum absolute atomic E-state index is 0.237. The molecule has 2 N–H and O–H groups in total. The summed E-state index contributed by atoms with van der Waals surface area (Å²) in [5.74, 6) is 0.147. The molecular formula is C25H26BrN3O2S. The van der Waals surface area contributed by atoms with Crippen molar-refractivity contribution in [2.24, 2.45) is 0 Å². The number of carbonyl (C=O) groups is 1. The number of thiocarbonyl (C=S) groups is 1. The molecule has 3 aromatic carbocycles. The van der Waals surface area contributed by atoms with Gasteiger partial charge >= 0.3 is 0 Å². The van der Waals surface area contributed by atoms with Crippen LogP contribution in [0.1, 0.15) is 36.5 Å². The van der Waals surface area contributed by atoms with Gasteiger partial charge in [-0.05, 0) is 95.4 Å². The van der Waals surface area contributed by atoms with Crippen molar-refractivity contribution in [3.63, 3.8) is 0 Å². The third-order valence-corrected chi connectivity index (χ3v) is 6.87. The van der Waals surface area contributed by atoms with Crippen LogP contribution in [0.5, 0.6) is 5.75 Å². The lowest BCUT2D eigenvalue weighted by Gasteiger charge is -2.35. The van der Waals surface area contributed by atoms with Crippen LogP contribution in [-0.2, 0) is 0 Å². The van der Waals surface area contributed by atoms with Crippen LogP contribution in [0.25, 0.3) is 10.8 Å². The van der Waals surface area contributed by atoms with Gasteiger partial charge in [0.15, 0.2) is 5.11 Å². The molecule has 3 aromatic rings. The zero-order valence-electron chi connectivity index (χ0n) is 18.2. The number of fused-ring (bicyclic) bond motifs is 1. The highest BCUT2D eigenvalue weighted by Gasteiger charge is 2.20. The lowest BCUT2D eigenvalue weighted by atomic mass is 10.0. The van der Waals surface area contributed by atoms with Gasteiger partial charge in [0, 0.05) is 24.0 Å². The van der Waals surface area contributed by atoms with Crippen LogP contribution >= 0.6 is 28.1 Å². The van der Waals surface area contributed by atoms with E-state index in [-0.39, 0.29) is 11.0 Å². The first-order valence-corrected chi connectivity index (χ1v) is 11.9. The van der Waals surface area contributed by atoms with E-state index in [1.165, 1.54) is 24.9 Å². The van der Waals surface area contributed by atoms with Gasteiger partial charge in [-0.15, -0.1) is 0 Å². The molecule has 166 valence electrons. The van der Waals surface area contributed by atoms with Gasteiger partial charge in [-0.1, -0.05) is 24.3 Å².